The molecule has 0 radical (unpaired) electrons. The molecule has 0 amide bonds. The van der Waals surface area contributed by atoms with E-state index >= 15 is 0 Å². The van der Waals surface area contributed by atoms with E-state index in [0.717, 1.165) is 5.56 Å². The maximum absolute atomic E-state index is 12.1. The van der Waals surface area contributed by atoms with Crippen molar-refractivity contribution < 1.29 is 14.3 Å². The standard InChI is InChI=1S/C15H21NO3/c1-14(2,3)13-18-12(17)15(4,19-13)11(16)10-8-6-5-7-9-10/h5-9,11,13H,16H2,1-4H3/t11-,13+,15+/m0/s1. The lowest BCUT2D eigenvalue weighted by atomic mass is 9.90. The van der Waals surface area contributed by atoms with E-state index in [1.165, 1.54) is 0 Å². The molecule has 1 aliphatic rings. The lowest BCUT2D eigenvalue weighted by Crippen LogP contribution is -2.44. The zero-order chi connectivity index (χ0) is 14.3. The van der Waals surface area contributed by atoms with Crippen LogP contribution in [0.25, 0.3) is 0 Å². The van der Waals surface area contributed by atoms with Crippen LogP contribution in [0.5, 0.6) is 0 Å². The van der Waals surface area contributed by atoms with E-state index in [0.29, 0.717) is 0 Å². The number of benzene rings is 1. The molecule has 3 atom stereocenters. The van der Waals surface area contributed by atoms with Gasteiger partial charge in [-0.25, -0.2) is 4.79 Å². The summed E-state index contributed by atoms with van der Waals surface area (Å²) in [5.74, 6) is -0.399. The highest BCUT2D eigenvalue weighted by molar-refractivity contribution is 5.82. The second-order valence-corrected chi connectivity index (χ2v) is 6.22. The smallest absolute Gasteiger partial charge is 0.342 e. The van der Waals surface area contributed by atoms with Gasteiger partial charge >= 0.3 is 5.97 Å². The number of carbonyl (C=O) groups is 1. The van der Waals surface area contributed by atoms with Crippen LogP contribution in [0.2, 0.25) is 0 Å². The number of ether oxygens (including phenoxy) is 2. The van der Waals surface area contributed by atoms with Crippen LogP contribution in [0.3, 0.4) is 0 Å². The van der Waals surface area contributed by atoms with Gasteiger partial charge in [-0.3, -0.25) is 0 Å². The summed E-state index contributed by atoms with van der Waals surface area (Å²) >= 11 is 0. The van der Waals surface area contributed by atoms with Crippen LogP contribution in [0, 0.1) is 5.41 Å². The molecule has 0 saturated carbocycles. The second kappa shape index (κ2) is 4.62. The third kappa shape index (κ3) is 2.51. The summed E-state index contributed by atoms with van der Waals surface area (Å²) in [5.41, 5.74) is 5.65. The van der Waals surface area contributed by atoms with E-state index in [1.54, 1.807) is 6.92 Å². The first-order chi connectivity index (χ1) is 8.75. The van der Waals surface area contributed by atoms with Crippen molar-refractivity contribution in [1.29, 1.82) is 0 Å². The van der Waals surface area contributed by atoms with Crippen LogP contribution in [0.1, 0.15) is 39.3 Å². The number of rotatable bonds is 2. The number of nitrogens with two attached hydrogens (primary N) is 1. The number of cyclic esters (lactones) is 1. The third-order valence-electron chi connectivity index (χ3n) is 3.43. The van der Waals surface area contributed by atoms with Crippen molar-refractivity contribution in [3.8, 4) is 0 Å². The minimum absolute atomic E-state index is 0.274. The third-order valence-corrected chi connectivity index (χ3v) is 3.43. The Kier molecular flexibility index (Phi) is 3.41. The van der Waals surface area contributed by atoms with Gasteiger partial charge in [-0.2, -0.15) is 0 Å². The van der Waals surface area contributed by atoms with Crippen LogP contribution < -0.4 is 5.73 Å². The summed E-state index contributed by atoms with van der Waals surface area (Å²) in [6, 6.07) is 8.91. The molecular weight excluding hydrogens is 242 g/mol. The summed E-state index contributed by atoms with van der Waals surface area (Å²) in [6.07, 6.45) is -0.570. The Morgan fingerprint density at radius 1 is 1.26 bits per heavy atom. The molecule has 0 aromatic heterocycles. The van der Waals surface area contributed by atoms with Crippen molar-refractivity contribution in [3.63, 3.8) is 0 Å². The van der Waals surface area contributed by atoms with Gasteiger partial charge in [0.15, 0.2) is 5.60 Å². The fourth-order valence-electron chi connectivity index (χ4n) is 2.04. The molecule has 1 aromatic carbocycles. The lowest BCUT2D eigenvalue weighted by Gasteiger charge is -2.29. The molecule has 0 spiro atoms. The van der Waals surface area contributed by atoms with Crippen molar-refractivity contribution in [3.05, 3.63) is 35.9 Å². The largest absolute Gasteiger partial charge is 0.433 e. The number of hydrogen-bond donors (Lipinski definition) is 1. The number of carbonyl (C=O) groups excluding carboxylic acids is 1. The molecular formula is C15H21NO3. The van der Waals surface area contributed by atoms with Gasteiger partial charge in [0.25, 0.3) is 0 Å². The molecule has 2 N–H and O–H groups in total. The number of esters is 1. The molecule has 1 aliphatic heterocycles. The Bertz CT molecular complexity index is 466. The van der Waals surface area contributed by atoms with Crippen LogP contribution in [0.4, 0.5) is 0 Å². The summed E-state index contributed by atoms with van der Waals surface area (Å²) in [7, 11) is 0. The van der Waals surface area contributed by atoms with Crippen LogP contribution >= 0.6 is 0 Å². The zero-order valence-corrected chi connectivity index (χ0v) is 11.8. The Balaban J connectivity index is 2.26. The fourth-order valence-corrected chi connectivity index (χ4v) is 2.04. The first-order valence-corrected chi connectivity index (χ1v) is 6.44. The normalized spacial score (nSPS) is 29.1. The predicted molar refractivity (Wildman–Crippen MR) is 72.2 cm³/mol. The maximum atomic E-state index is 12.1. The topological polar surface area (TPSA) is 61.5 Å². The van der Waals surface area contributed by atoms with E-state index < -0.39 is 23.9 Å². The molecule has 1 fully saturated rings. The minimum Gasteiger partial charge on any atom is -0.433 e. The first-order valence-electron chi connectivity index (χ1n) is 6.44. The minimum atomic E-state index is -1.14. The molecule has 4 heteroatoms. The van der Waals surface area contributed by atoms with Crippen molar-refractivity contribution in [2.45, 2.75) is 45.6 Å². The van der Waals surface area contributed by atoms with Gasteiger partial charge in [-0.05, 0) is 12.5 Å². The Hall–Kier alpha value is -1.39. The van der Waals surface area contributed by atoms with E-state index in [9.17, 15) is 4.79 Å². The van der Waals surface area contributed by atoms with Gasteiger partial charge in [-0.15, -0.1) is 0 Å². The van der Waals surface area contributed by atoms with Gasteiger partial charge in [-0.1, -0.05) is 51.1 Å². The molecule has 19 heavy (non-hydrogen) atoms. The average molecular weight is 263 g/mol. The van der Waals surface area contributed by atoms with Crippen molar-refractivity contribution in [1.82, 2.24) is 0 Å². The van der Waals surface area contributed by atoms with Crippen LogP contribution in [-0.4, -0.2) is 17.9 Å². The lowest BCUT2D eigenvalue weighted by molar-refractivity contribution is -0.156. The highest BCUT2D eigenvalue weighted by atomic mass is 16.8. The highest BCUT2D eigenvalue weighted by Gasteiger charge is 2.54. The molecule has 1 saturated heterocycles. The fraction of sp³-hybridized carbons (Fsp3) is 0.533. The zero-order valence-electron chi connectivity index (χ0n) is 11.8. The van der Waals surface area contributed by atoms with Gasteiger partial charge in [0.1, 0.15) is 0 Å². The molecule has 0 bridgehead atoms. The highest BCUT2D eigenvalue weighted by Crippen LogP contribution is 2.40. The quantitative estimate of drug-likeness (QED) is 0.832. The van der Waals surface area contributed by atoms with Crippen molar-refractivity contribution >= 4 is 5.97 Å². The average Bonchev–Trinajstić information content (AvgIpc) is 2.67. The molecule has 0 unspecified atom stereocenters. The molecule has 0 aliphatic carbocycles. The summed E-state index contributed by atoms with van der Waals surface area (Å²) in [6.45, 7) is 7.58. The predicted octanol–water partition coefficient (Wildman–Crippen LogP) is 2.39. The Labute approximate surface area is 113 Å². The van der Waals surface area contributed by atoms with E-state index in [1.807, 2.05) is 51.1 Å². The van der Waals surface area contributed by atoms with Gasteiger partial charge < -0.3 is 15.2 Å². The van der Waals surface area contributed by atoms with Crippen LogP contribution in [0.15, 0.2) is 30.3 Å². The van der Waals surface area contributed by atoms with Crippen molar-refractivity contribution in [2.24, 2.45) is 11.1 Å². The molecule has 1 heterocycles. The summed E-state index contributed by atoms with van der Waals surface area (Å²) in [5, 5.41) is 0. The summed E-state index contributed by atoms with van der Waals surface area (Å²) < 4.78 is 11.2. The molecule has 2 rings (SSSR count). The first kappa shape index (κ1) is 14.0. The molecule has 1 aromatic rings. The SMILES string of the molecule is CC(C)(C)[C@@H]1OC(=O)[C@@](C)([C@@H](N)c2ccccc2)O1. The van der Waals surface area contributed by atoms with Gasteiger partial charge in [0.2, 0.25) is 6.29 Å². The van der Waals surface area contributed by atoms with Crippen LogP contribution in [-0.2, 0) is 14.3 Å². The Morgan fingerprint density at radius 3 is 2.32 bits per heavy atom. The molecule has 104 valence electrons. The van der Waals surface area contributed by atoms with E-state index in [2.05, 4.69) is 0 Å². The monoisotopic (exact) mass is 263 g/mol. The van der Waals surface area contributed by atoms with Crippen molar-refractivity contribution in [2.75, 3.05) is 0 Å². The van der Waals surface area contributed by atoms with E-state index in [4.69, 9.17) is 15.2 Å². The maximum Gasteiger partial charge on any atom is 0.342 e. The summed E-state index contributed by atoms with van der Waals surface area (Å²) in [4.78, 5) is 12.1. The Morgan fingerprint density at radius 2 is 1.84 bits per heavy atom. The van der Waals surface area contributed by atoms with E-state index in [-0.39, 0.29) is 5.41 Å². The molecule has 4 nitrogen and oxygen atoms in total. The number of hydrogen-bond acceptors (Lipinski definition) is 4. The second-order valence-electron chi connectivity index (χ2n) is 6.22. The van der Waals surface area contributed by atoms with Gasteiger partial charge in [0, 0.05) is 5.41 Å². The van der Waals surface area contributed by atoms with Gasteiger partial charge in [0.05, 0.1) is 6.04 Å².